The van der Waals surface area contributed by atoms with Crippen molar-refractivity contribution in [3.05, 3.63) is 66.2 Å². The van der Waals surface area contributed by atoms with E-state index in [1.54, 1.807) is 12.4 Å². The Morgan fingerprint density at radius 3 is 2.52 bits per heavy atom. The first kappa shape index (κ1) is 17.5. The second-order valence-electron chi connectivity index (χ2n) is 7.05. The molecule has 0 saturated carbocycles. The number of ether oxygens (including phenoxy) is 3. The third-order valence-corrected chi connectivity index (χ3v) is 5.14. The number of hydrogen-bond acceptors (Lipinski definition) is 7. The molecule has 2 N–H and O–H groups in total. The number of hydrogen-bond donors (Lipinski definition) is 1. The molecule has 2 aliphatic heterocycles. The van der Waals surface area contributed by atoms with Gasteiger partial charge in [0.25, 0.3) is 6.02 Å². The molecule has 0 saturated heterocycles. The average molecular weight is 388 g/mol. The van der Waals surface area contributed by atoms with Gasteiger partial charge in [-0.15, -0.1) is 0 Å². The van der Waals surface area contributed by atoms with Crippen molar-refractivity contribution < 1.29 is 14.2 Å². The highest BCUT2D eigenvalue weighted by atomic mass is 16.5. The van der Waals surface area contributed by atoms with Gasteiger partial charge in [-0.25, -0.2) is 15.0 Å². The van der Waals surface area contributed by atoms with E-state index >= 15 is 0 Å². The average Bonchev–Trinajstić information content (AvgIpc) is 3.15. The fourth-order valence-electron chi connectivity index (χ4n) is 3.77. The molecule has 2 aromatic carbocycles. The van der Waals surface area contributed by atoms with Crippen molar-refractivity contribution in [2.24, 2.45) is 10.7 Å². The summed E-state index contributed by atoms with van der Waals surface area (Å²) in [5, 5.41) is 0. The number of benzene rings is 2. The minimum absolute atomic E-state index is 0.164. The van der Waals surface area contributed by atoms with E-state index in [9.17, 15) is 0 Å². The van der Waals surface area contributed by atoms with Crippen molar-refractivity contribution in [1.82, 2.24) is 9.97 Å². The normalized spacial score (nSPS) is 19.0. The molecule has 1 spiro atoms. The van der Waals surface area contributed by atoms with E-state index < -0.39 is 5.54 Å². The fourth-order valence-corrected chi connectivity index (χ4v) is 3.77. The van der Waals surface area contributed by atoms with Gasteiger partial charge >= 0.3 is 0 Å². The molecule has 1 aromatic heterocycles. The molecule has 7 nitrogen and oxygen atoms in total. The van der Waals surface area contributed by atoms with Gasteiger partial charge in [0.2, 0.25) is 0 Å². The first-order valence-electron chi connectivity index (χ1n) is 9.53. The highest BCUT2D eigenvalue weighted by Gasteiger charge is 2.47. The number of fused-ring (bicyclic) bond motifs is 4. The Bertz CT molecular complexity index is 1100. The molecule has 3 heterocycles. The predicted molar refractivity (Wildman–Crippen MR) is 108 cm³/mol. The van der Waals surface area contributed by atoms with Gasteiger partial charge in [-0.2, -0.15) is 0 Å². The summed E-state index contributed by atoms with van der Waals surface area (Å²) in [6, 6.07) is 11.9. The van der Waals surface area contributed by atoms with Crippen molar-refractivity contribution in [1.29, 1.82) is 0 Å². The van der Waals surface area contributed by atoms with Gasteiger partial charge in [0.1, 0.15) is 30.2 Å². The van der Waals surface area contributed by atoms with E-state index in [0.29, 0.717) is 13.2 Å². The van der Waals surface area contributed by atoms with Crippen molar-refractivity contribution in [2.75, 3.05) is 13.2 Å². The zero-order valence-corrected chi connectivity index (χ0v) is 16.0. The van der Waals surface area contributed by atoms with Crippen LogP contribution in [0.4, 0.5) is 0 Å². The third-order valence-electron chi connectivity index (χ3n) is 5.14. The van der Waals surface area contributed by atoms with Gasteiger partial charge in [0.15, 0.2) is 5.54 Å². The van der Waals surface area contributed by atoms with Crippen molar-refractivity contribution in [3.8, 4) is 28.4 Å². The molecule has 0 fully saturated rings. The Morgan fingerprint density at radius 1 is 1.03 bits per heavy atom. The molecule has 2 aliphatic rings. The summed E-state index contributed by atoms with van der Waals surface area (Å²) in [5.74, 6) is 2.21. The van der Waals surface area contributed by atoms with Crippen molar-refractivity contribution in [2.45, 2.75) is 18.9 Å². The Morgan fingerprint density at radius 2 is 1.79 bits per heavy atom. The molecule has 0 bridgehead atoms. The topological polar surface area (TPSA) is 91.9 Å². The van der Waals surface area contributed by atoms with Crippen LogP contribution < -0.4 is 15.2 Å². The van der Waals surface area contributed by atoms with Crippen LogP contribution in [0.15, 0.2) is 60.1 Å². The number of nitrogens with two attached hydrogens (primary N) is 1. The smallest absolute Gasteiger partial charge is 0.283 e. The molecule has 0 aliphatic carbocycles. The third kappa shape index (κ3) is 2.86. The number of nitrogens with zero attached hydrogens (tertiary/aromatic N) is 3. The molecule has 0 amide bonds. The van der Waals surface area contributed by atoms with E-state index in [-0.39, 0.29) is 6.02 Å². The van der Waals surface area contributed by atoms with Crippen LogP contribution in [-0.2, 0) is 10.3 Å². The Labute approximate surface area is 168 Å². The summed E-state index contributed by atoms with van der Waals surface area (Å²) in [6.07, 6.45) is 5.99. The standard InChI is InChI=1S/C22H20N4O3/c1-2-7-27-16-4-6-20-18(9-16)22(12-28-21(23)26-22)17-8-14(3-5-19(17)29-20)15-10-24-13-25-11-15/h3-6,8-11,13H,2,7,12H2,1H3,(H2,23,26). The van der Waals surface area contributed by atoms with Crippen LogP contribution >= 0.6 is 0 Å². The number of amidine groups is 1. The highest BCUT2D eigenvalue weighted by Crippen LogP contribution is 2.52. The maximum absolute atomic E-state index is 6.20. The van der Waals surface area contributed by atoms with E-state index in [0.717, 1.165) is 45.9 Å². The molecule has 0 radical (unpaired) electrons. The van der Waals surface area contributed by atoms with Crippen LogP contribution in [0.5, 0.6) is 17.2 Å². The molecule has 29 heavy (non-hydrogen) atoms. The van der Waals surface area contributed by atoms with Crippen molar-refractivity contribution in [3.63, 3.8) is 0 Å². The first-order valence-corrected chi connectivity index (χ1v) is 9.53. The SMILES string of the molecule is CCCOc1ccc2c(c1)C1(COC(N)=N1)c1cc(-c3cncnc3)ccc1O2. The lowest BCUT2D eigenvalue weighted by Crippen LogP contribution is -2.31. The molecular weight excluding hydrogens is 368 g/mol. The van der Waals surface area contributed by atoms with Crippen LogP contribution in [0.3, 0.4) is 0 Å². The highest BCUT2D eigenvalue weighted by molar-refractivity contribution is 5.78. The quantitative estimate of drug-likeness (QED) is 0.734. The summed E-state index contributed by atoms with van der Waals surface area (Å²) in [6.45, 7) is 3.02. The Balaban J connectivity index is 1.68. The monoisotopic (exact) mass is 388 g/mol. The minimum Gasteiger partial charge on any atom is -0.494 e. The van der Waals surface area contributed by atoms with E-state index in [4.69, 9.17) is 24.9 Å². The number of aliphatic imine (C=N–C) groups is 1. The zero-order chi connectivity index (χ0) is 19.8. The Kier molecular flexibility index (Phi) is 4.08. The summed E-state index contributed by atoms with van der Waals surface area (Å²) in [5.41, 5.74) is 8.81. The zero-order valence-electron chi connectivity index (χ0n) is 16.0. The molecule has 5 rings (SSSR count). The molecule has 3 aromatic rings. The van der Waals surface area contributed by atoms with Gasteiger partial charge in [0, 0.05) is 29.1 Å². The second kappa shape index (κ2) is 6.77. The lowest BCUT2D eigenvalue weighted by Gasteiger charge is -2.34. The molecule has 7 heteroatoms. The fraction of sp³-hybridized carbons (Fsp3) is 0.227. The maximum Gasteiger partial charge on any atom is 0.283 e. The lowest BCUT2D eigenvalue weighted by molar-refractivity contribution is 0.263. The van der Waals surface area contributed by atoms with Crippen LogP contribution in [0.1, 0.15) is 24.5 Å². The summed E-state index contributed by atoms with van der Waals surface area (Å²) >= 11 is 0. The summed E-state index contributed by atoms with van der Waals surface area (Å²) in [7, 11) is 0. The maximum atomic E-state index is 6.20. The number of aromatic nitrogens is 2. The van der Waals surface area contributed by atoms with E-state index in [2.05, 4.69) is 16.9 Å². The van der Waals surface area contributed by atoms with E-state index in [1.165, 1.54) is 6.33 Å². The largest absolute Gasteiger partial charge is 0.494 e. The van der Waals surface area contributed by atoms with Crippen LogP contribution in [0, 0.1) is 0 Å². The van der Waals surface area contributed by atoms with Crippen molar-refractivity contribution >= 4 is 6.02 Å². The van der Waals surface area contributed by atoms with Gasteiger partial charge in [-0.3, -0.25) is 0 Å². The molecule has 1 unspecified atom stereocenters. The summed E-state index contributed by atoms with van der Waals surface area (Å²) in [4.78, 5) is 13.0. The molecule has 146 valence electrons. The van der Waals surface area contributed by atoms with Gasteiger partial charge in [-0.1, -0.05) is 13.0 Å². The Hall–Kier alpha value is -3.61. The van der Waals surface area contributed by atoms with Gasteiger partial charge < -0.3 is 19.9 Å². The molecule has 1 atom stereocenters. The first-order chi connectivity index (χ1) is 14.2. The van der Waals surface area contributed by atoms with E-state index in [1.807, 2.05) is 36.4 Å². The van der Waals surface area contributed by atoms with Gasteiger partial charge in [0.05, 0.1) is 6.61 Å². The predicted octanol–water partition coefficient (Wildman–Crippen LogP) is 3.63. The van der Waals surface area contributed by atoms with Gasteiger partial charge in [-0.05, 0) is 42.3 Å². The summed E-state index contributed by atoms with van der Waals surface area (Å²) < 4.78 is 17.7. The number of rotatable bonds is 4. The van der Waals surface area contributed by atoms with Crippen LogP contribution in [-0.4, -0.2) is 29.2 Å². The van der Waals surface area contributed by atoms with Crippen LogP contribution in [0.2, 0.25) is 0 Å². The molecular formula is C22H20N4O3. The minimum atomic E-state index is -0.787. The van der Waals surface area contributed by atoms with Crippen LogP contribution in [0.25, 0.3) is 11.1 Å². The second-order valence-corrected chi connectivity index (χ2v) is 7.05. The lowest BCUT2D eigenvalue weighted by atomic mass is 9.80.